The number of aromatic amines is 2. The maximum atomic E-state index is 12.2. The first-order chi connectivity index (χ1) is 18.0. The lowest BCUT2D eigenvalue weighted by Crippen LogP contribution is -2.13. The quantitative estimate of drug-likeness (QED) is 0.299. The molecule has 0 fully saturated rings. The Labute approximate surface area is 211 Å². The van der Waals surface area contributed by atoms with E-state index in [1.54, 1.807) is 43.4 Å². The molecule has 0 atom stereocenters. The number of nitrogens with zero attached hydrogens (tertiary/aromatic N) is 6. The molecule has 0 aliphatic heterocycles. The summed E-state index contributed by atoms with van der Waals surface area (Å²) in [5, 5.41) is 11.2. The molecule has 0 aliphatic carbocycles. The van der Waals surface area contributed by atoms with Crippen LogP contribution in [0, 0.1) is 5.92 Å². The zero-order valence-electron chi connectivity index (χ0n) is 20.2. The molecule has 0 saturated heterocycles. The second-order valence-electron chi connectivity index (χ2n) is 9.21. The average molecular weight is 490 g/mol. The maximum absolute atomic E-state index is 12.2. The van der Waals surface area contributed by atoms with Gasteiger partial charge in [0.05, 0.1) is 34.5 Å². The van der Waals surface area contributed by atoms with E-state index < -0.39 is 0 Å². The van der Waals surface area contributed by atoms with E-state index in [1.165, 1.54) is 0 Å². The van der Waals surface area contributed by atoms with Crippen LogP contribution in [0.2, 0.25) is 0 Å². The highest BCUT2D eigenvalue weighted by molar-refractivity contribution is 5.97. The fourth-order valence-corrected chi connectivity index (χ4v) is 4.28. The Hall–Kier alpha value is -4.99. The van der Waals surface area contributed by atoms with Crippen LogP contribution in [0.25, 0.3) is 55.8 Å². The predicted molar refractivity (Wildman–Crippen MR) is 141 cm³/mol. The summed E-state index contributed by atoms with van der Waals surface area (Å²) in [7, 11) is 0. The van der Waals surface area contributed by atoms with Gasteiger partial charge >= 0.3 is 0 Å². The Bertz CT molecular complexity index is 1740. The van der Waals surface area contributed by atoms with Crippen molar-refractivity contribution in [3.05, 3.63) is 67.6 Å². The van der Waals surface area contributed by atoms with Crippen LogP contribution in [0.3, 0.4) is 0 Å². The van der Waals surface area contributed by atoms with E-state index >= 15 is 0 Å². The molecule has 0 saturated carbocycles. The summed E-state index contributed by atoms with van der Waals surface area (Å²) in [4.78, 5) is 37.8. The van der Waals surface area contributed by atoms with Gasteiger partial charge in [-0.3, -0.25) is 24.8 Å². The van der Waals surface area contributed by atoms with Gasteiger partial charge in [0.25, 0.3) is 0 Å². The predicted octanol–water partition coefficient (Wildman–Crippen LogP) is 5.00. The van der Waals surface area contributed by atoms with Crippen LogP contribution in [-0.4, -0.2) is 46.0 Å². The molecule has 1 amide bonds. The number of carbonyl (C=O) groups is 1. The molecular weight excluding hydrogens is 466 g/mol. The Morgan fingerprint density at radius 2 is 1.76 bits per heavy atom. The molecule has 0 unspecified atom stereocenters. The summed E-state index contributed by atoms with van der Waals surface area (Å²) in [5.41, 5.74) is 7.10. The molecule has 10 nitrogen and oxygen atoms in total. The zero-order valence-corrected chi connectivity index (χ0v) is 20.2. The molecule has 6 heterocycles. The number of fused-ring (bicyclic) bond motifs is 2. The molecule has 0 aliphatic rings. The average Bonchev–Trinajstić information content (AvgIpc) is 3.52. The third-order valence-corrected chi connectivity index (χ3v) is 5.98. The lowest BCUT2D eigenvalue weighted by molar-refractivity contribution is -0.116. The molecule has 0 bridgehead atoms. The smallest absolute Gasteiger partial charge is 0.224 e. The van der Waals surface area contributed by atoms with Crippen LogP contribution in [0.1, 0.15) is 20.3 Å². The van der Waals surface area contributed by atoms with Crippen molar-refractivity contribution in [2.75, 3.05) is 5.32 Å². The van der Waals surface area contributed by atoms with E-state index in [2.05, 4.69) is 40.4 Å². The Morgan fingerprint density at radius 1 is 0.946 bits per heavy atom. The van der Waals surface area contributed by atoms with Gasteiger partial charge in [-0.25, -0.2) is 9.97 Å². The Morgan fingerprint density at radius 3 is 2.59 bits per heavy atom. The number of imidazole rings is 1. The maximum Gasteiger partial charge on any atom is 0.224 e. The molecule has 0 spiro atoms. The number of hydrogen-bond acceptors (Lipinski definition) is 7. The van der Waals surface area contributed by atoms with Crippen LogP contribution in [0.4, 0.5) is 5.69 Å². The van der Waals surface area contributed by atoms with Crippen LogP contribution in [0.5, 0.6) is 0 Å². The van der Waals surface area contributed by atoms with Crippen LogP contribution in [0.15, 0.2) is 67.6 Å². The highest BCUT2D eigenvalue weighted by atomic mass is 16.1. The standard InChI is InChI=1S/C27H23N9O/c1-15(2)7-23(37)32-19-8-17(10-29-12-19)18-9-20-25(35-36-26(20)31-11-18)27-33-22-14-30-13-21(24(22)34-27)16-3-5-28-6-4-16/h3-6,8-15H,7H2,1-2H3,(H,32,37)(H,33,34)(H,31,35,36). The van der Waals surface area contributed by atoms with E-state index in [1.807, 2.05) is 38.1 Å². The van der Waals surface area contributed by atoms with Gasteiger partial charge in [0.15, 0.2) is 11.5 Å². The minimum Gasteiger partial charge on any atom is -0.335 e. The molecule has 10 heteroatoms. The van der Waals surface area contributed by atoms with Gasteiger partial charge in [-0.05, 0) is 35.7 Å². The Kier molecular flexibility index (Phi) is 5.61. The molecule has 37 heavy (non-hydrogen) atoms. The fraction of sp³-hybridized carbons (Fsp3) is 0.148. The van der Waals surface area contributed by atoms with Crippen LogP contribution < -0.4 is 5.32 Å². The first kappa shape index (κ1) is 22.5. The van der Waals surface area contributed by atoms with Crippen molar-refractivity contribution in [1.29, 1.82) is 0 Å². The first-order valence-corrected chi connectivity index (χ1v) is 11.9. The van der Waals surface area contributed by atoms with E-state index in [4.69, 9.17) is 4.98 Å². The number of aromatic nitrogens is 8. The van der Waals surface area contributed by atoms with E-state index in [9.17, 15) is 4.79 Å². The number of H-pyrrole nitrogens is 2. The molecular formula is C27H23N9O. The minimum atomic E-state index is -0.0369. The molecule has 3 N–H and O–H groups in total. The van der Waals surface area contributed by atoms with Gasteiger partial charge in [-0.1, -0.05) is 13.8 Å². The van der Waals surface area contributed by atoms with E-state index in [-0.39, 0.29) is 11.8 Å². The number of pyridine rings is 4. The Balaban J connectivity index is 1.38. The van der Waals surface area contributed by atoms with Crippen molar-refractivity contribution in [3.63, 3.8) is 0 Å². The summed E-state index contributed by atoms with van der Waals surface area (Å²) in [6.45, 7) is 4.02. The number of anilines is 1. The highest BCUT2D eigenvalue weighted by Crippen LogP contribution is 2.32. The van der Waals surface area contributed by atoms with Crippen molar-refractivity contribution in [2.45, 2.75) is 20.3 Å². The molecule has 182 valence electrons. The topological polar surface area (TPSA) is 138 Å². The van der Waals surface area contributed by atoms with Crippen LogP contribution >= 0.6 is 0 Å². The summed E-state index contributed by atoms with van der Waals surface area (Å²) in [6.07, 6.45) is 12.6. The third kappa shape index (κ3) is 4.40. The van der Waals surface area contributed by atoms with Crippen molar-refractivity contribution < 1.29 is 4.79 Å². The van der Waals surface area contributed by atoms with Crippen molar-refractivity contribution in [2.24, 2.45) is 5.92 Å². The fourth-order valence-electron chi connectivity index (χ4n) is 4.28. The molecule has 0 radical (unpaired) electrons. The molecule has 0 aromatic carbocycles. The minimum absolute atomic E-state index is 0.0369. The second-order valence-corrected chi connectivity index (χ2v) is 9.21. The largest absolute Gasteiger partial charge is 0.335 e. The zero-order chi connectivity index (χ0) is 25.4. The SMILES string of the molecule is CC(C)CC(=O)Nc1cncc(-c2cnc3[nH]nc(-c4nc5c(-c6ccncc6)cncc5[nH]4)c3c2)c1. The lowest BCUT2D eigenvalue weighted by Gasteiger charge is -2.08. The van der Waals surface area contributed by atoms with Gasteiger partial charge in [0.1, 0.15) is 5.69 Å². The number of nitrogens with one attached hydrogen (secondary N) is 3. The summed E-state index contributed by atoms with van der Waals surface area (Å²) in [5.74, 6) is 0.846. The number of amides is 1. The van der Waals surface area contributed by atoms with Crippen LogP contribution in [-0.2, 0) is 4.79 Å². The summed E-state index contributed by atoms with van der Waals surface area (Å²) >= 11 is 0. The van der Waals surface area contributed by atoms with E-state index in [0.717, 1.165) is 38.7 Å². The number of carbonyl (C=O) groups excluding carboxylic acids is 1. The van der Waals surface area contributed by atoms with Gasteiger partial charge in [-0.2, -0.15) is 5.10 Å². The molecule has 6 aromatic heterocycles. The highest BCUT2D eigenvalue weighted by Gasteiger charge is 2.17. The first-order valence-electron chi connectivity index (χ1n) is 11.9. The number of rotatable bonds is 6. The van der Waals surface area contributed by atoms with Crippen molar-refractivity contribution >= 4 is 33.7 Å². The van der Waals surface area contributed by atoms with Crippen molar-refractivity contribution in [3.8, 4) is 33.8 Å². The van der Waals surface area contributed by atoms with Gasteiger partial charge in [-0.15, -0.1) is 0 Å². The monoisotopic (exact) mass is 489 g/mol. The van der Waals surface area contributed by atoms with Gasteiger partial charge in [0.2, 0.25) is 5.91 Å². The second kappa shape index (κ2) is 9.23. The van der Waals surface area contributed by atoms with E-state index in [0.29, 0.717) is 29.3 Å². The summed E-state index contributed by atoms with van der Waals surface area (Å²) in [6, 6.07) is 7.74. The normalized spacial score (nSPS) is 11.4. The molecule has 6 aromatic rings. The summed E-state index contributed by atoms with van der Waals surface area (Å²) < 4.78 is 0. The molecule has 6 rings (SSSR count). The van der Waals surface area contributed by atoms with Gasteiger partial charge < -0.3 is 10.3 Å². The third-order valence-electron chi connectivity index (χ3n) is 5.98. The lowest BCUT2D eigenvalue weighted by atomic mass is 10.1. The number of hydrogen-bond donors (Lipinski definition) is 3. The van der Waals surface area contributed by atoms with Gasteiger partial charge in [0, 0.05) is 54.1 Å². The van der Waals surface area contributed by atoms with Crippen molar-refractivity contribution in [1.82, 2.24) is 40.1 Å².